The highest BCUT2D eigenvalue weighted by molar-refractivity contribution is 5.59. The molecule has 3 heterocycles. The maximum Gasteiger partial charge on any atom is 0.231 e. The molecule has 0 bridgehead atoms. The number of methoxy groups -OCH3 is 1. The largest absolute Gasteiger partial charge is 0.504 e. The maximum atomic E-state index is 10.9. The first kappa shape index (κ1) is 17.5. The van der Waals surface area contributed by atoms with Crippen molar-refractivity contribution in [1.82, 2.24) is 4.90 Å². The van der Waals surface area contributed by atoms with E-state index in [-0.39, 0.29) is 30.6 Å². The van der Waals surface area contributed by atoms with E-state index in [1.807, 2.05) is 24.3 Å². The lowest BCUT2D eigenvalue weighted by atomic mass is 9.77. The summed E-state index contributed by atoms with van der Waals surface area (Å²) in [4.78, 5) is 2.41. The molecule has 28 heavy (non-hydrogen) atoms. The Morgan fingerprint density at radius 1 is 1.04 bits per heavy atom. The zero-order valence-corrected chi connectivity index (χ0v) is 16.2. The highest BCUT2D eigenvalue weighted by Crippen LogP contribution is 2.52. The van der Waals surface area contributed by atoms with Crippen molar-refractivity contribution in [2.45, 2.75) is 31.9 Å². The van der Waals surface area contributed by atoms with Crippen molar-refractivity contribution in [3.05, 3.63) is 41.5 Å². The molecule has 6 nitrogen and oxygen atoms in total. The van der Waals surface area contributed by atoms with Crippen LogP contribution in [0.1, 0.15) is 36.8 Å². The summed E-state index contributed by atoms with van der Waals surface area (Å²) >= 11 is 0. The molecule has 3 aliphatic rings. The Kier molecular flexibility index (Phi) is 4.23. The van der Waals surface area contributed by atoms with Crippen LogP contribution < -0.4 is 18.9 Å². The van der Waals surface area contributed by atoms with Crippen LogP contribution in [0.2, 0.25) is 0 Å². The minimum Gasteiger partial charge on any atom is -0.504 e. The van der Waals surface area contributed by atoms with Gasteiger partial charge in [-0.05, 0) is 25.0 Å². The summed E-state index contributed by atoms with van der Waals surface area (Å²) in [6.07, 6.45) is 2.33. The van der Waals surface area contributed by atoms with Crippen molar-refractivity contribution < 1.29 is 24.1 Å². The number of aromatic hydroxyl groups is 1. The number of hydrogen-bond donors (Lipinski definition) is 1. The molecule has 2 aromatic carbocycles. The second kappa shape index (κ2) is 6.78. The van der Waals surface area contributed by atoms with Gasteiger partial charge in [0, 0.05) is 42.1 Å². The smallest absolute Gasteiger partial charge is 0.231 e. The van der Waals surface area contributed by atoms with Crippen LogP contribution in [0.25, 0.3) is 0 Å². The molecule has 1 N–H and O–H groups in total. The summed E-state index contributed by atoms with van der Waals surface area (Å²) in [5.41, 5.74) is 1.86. The molecule has 1 fully saturated rings. The quantitative estimate of drug-likeness (QED) is 0.872. The lowest BCUT2D eigenvalue weighted by molar-refractivity contribution is -0.0180. The molecule has 3 atom stereocenters. The molecule has 3 aliphatic heterocycles. The van der Waals surface area contributed by atoms with Gasteiger partial charge in [-0.2, -0.15) is 0 Å². The molecular formula is C22H25NO5. The number of para-hydroxylation sites is 1. The molecule has 0 aromatic heterocycles. The van der Waals surface area contributed by atoms with Gasteiger partial charge in [0.25, 0.3) is 0 Å². The topological polar surface area (TPSA) is 60.4 Å². The highest BCUT2D eigenvalue weighted by Gasteiger charge is 2.42. The fraction of sp³-hybridized carbons (Fsp3) is 0.455. The van der Waals surface area contributed by atoms with Gasteiger partial charge in [0.1, 0.15) is 5.75 Å². The summed E-state index contributed by atoms with van der Waals surface area (Å²) < 4.78 is 23.0. The monoisotopic (exact) mass is 383 g/mol. The Balaban J connectivity index is 1.65. The van der Waals surface area contributed by atoms with Crippen molar-refractivity contribution in [2.24, 2.45) is 5.92 Å². The number of rotatable bonds is 3. The molecular weight excluding hydrogens is 358 g/mol. The van der Waals surface area contributed by atoms with Gasteiger partial charge >= 0.3 is 0 Å². The fourth-order valence-electron chi connectivity index (χ4n) is 4.78. The summed E-state index contributed by atoms with van der Waals surface area (Å²) in [7, 11) is 1.57. The van der Waals surface area contributed by atoms with Gasteiger partial charge in [0.05, 0.1) is 7.11 Å². The number of phenolic OH excluding ortho intramolecular Hbond substituents is 1. The zero-order valence-electron chi connectivity index (χ0n) is 16.2. The Labute approximate surface area is 164 Å². The SMILES string of the molecule is COc1cccc([C@H]2c3cc4c(cc3O[C@H](N3CCCC3)[C@H]2C)OCO4)c1O. The van der Waals surface area contributed by atoms with E-state index < -0.39 is 0 Å². The van der Waals surface area contributed by atoms with Crippen LogP contribution in [-0.2, 0) is 0 Å². The number of ether oxygens (including phenoxy) is 4. The van der Waals surface area contributed by atoms with Crippen molar-refractivity contribution in [1.29, 1.82) is 0 Å². The molecule has 0 radical (unpaired) electrons. The van der Waals surface area contributed by atoms with E-state index in [1.165, 1.54) is 12.8 Å². The average Bonchev–Trinajstić information content (AvgIpc) is 3.38. The molecule has 148 valence electrons. The molecule has 1 saturated heterocycles. The molecule has 0 spiro atoms. The molecule has 0 aliphatic carbocycles. The second-order valence-electron chi connectivity index (χ2n) is 7.73. The van der Waals surface area contributed by atoms with E-state index in [0.29, 0.717) is 11.5 Å². The van der Waals surface area contributed by atoms with Gasteiger partial charge in [0.2, 0.25) is 6.79 Å². The van der Waals surface area contributed by atoms with E-state index >= 15 is 0 Å². The normalized spacial score (nSPS) is 26.0. The van der Waals surface area contributed by atoms with Gasteiger partial charge in [0.15, 0.2) is 29.2 Å². The lowest BCUT2D eigenvalue weighted by Gasteiger charge is -2.42. The van der Waals surface area contributed by atoms with Crippen molar-refractivity contribution in [3.63, 3.8) is 0 Å². The lowest BCUT2D eigenvalue weighted by Crippen LogP contribution is -2.47. The van der Waals surface area contributed by atoms with Crippen LogP contribution in [0.3, 0.4) is 0 Å². The third-order valence-electron chi connectivity index (χ3n) is 6.15. The Morgan fingerprint density at radius 2 is 1.79 bits per heavy atom. The summed E-state index contributed by atoms with van der Waals surface area (Å²) in [5, 5.41) is 10.9. The Bertz CT molecular complexity index is 893. The van der Waals surface area contributed by atoms with Crippen LogP contribution in [-0.4, -0.2) is 43.2 Å². The molecule has 6 heteroatoms. The Hall–Kier alpha value is -2.60. The second-order valence-corrected chi connectivity index (χ2v) is 7.73. The van der Waals surface area contributed by atoms with E-state index in [2.05, 4.69) is 11.8 Å². The molecule has 2 aromatic rings. The van der Waals surface area contributed by atoms with E-state index in [4.69, 9.17) is 18.9 Å². The fourth-order valence-corrected chi connectivity index (χ4v) is 4.78. The van der Waals surface area contributed by atoms with Crippen LogP contribution in [0.15, 0.2) is 30.3 Å². The number of benzene rings is 2. The highest BCUT2D eigenvalue weighted by atomic mass is 16.7. The number of phenols is 1. The molecule has 0 amide bonds. The number of fused-ring (bicyclic) bond motifs is 2. The predicted molar refractivity (Wildman–Crippen MR) is 103 cm³/mol. The van der Waals surface area contributed by atoms with Gasteiger partial charge in [-0.15, -0.1) is 0 Å². The van der Waals surface area contributed by atoms with E-state index in [1.54, 1.807) is 13.2 Å². The number of nitrogens with zero attached hydrogens (tertiary/aromatic N) is 1. The third kappa shape index (κ3) is 2.66. The van der Waals surface area contributed by atoms with Gasteiger partial charge in [-0.3, -0.25) is 4.90 Å². The first-order chi connectivity index (χ1) is 13.7. The standard InChI is InChI=1S/C22H25NO5/c1-13-20(14-6-5-7-16(25-2)21(14)24)15-10-18-19(27-12-26-18)11-17(15)28-22(13)23-8-3-4-9-23/h5-7,10-11,13,20,22,24H,3-4,8-9,12H2,1-2H3/t13-,20-,22-/m0/s1. The van der Waals surface area contributed by atoms with Crippen LogP contribution >= 0.6 is 0 Å². The van der Waals surface area contributed by atoms with Crippen molar-refractivity contribution >= 4 is 0 Å². The Morgan fingerprint density at radius 3 is 2.54 bits per heavy atom. The summed E-state index contributed by atoms with van der Waals surface area (Å²) in [6, 6.07) is 9.60. The van der Waals surface area contributed by atoms with Crippen molar-refractivity contribution in [2.75, 3.05) is 27.0 Å². The third-order valence-corrected chi connectivity index (χ3v) is 6.15. The molecule has 5 rings (SSSR count). The molecule has 0 saturated carbocycles. The van der Waals surface area contributed by atoms with Crippen molar-refractivity contribution in [3.8, 4) is 28.7 Å². The minimum absolute atomic E-state index is 0.0426. The average molecular weight is 383 g/mol. The van der Waals surface area contributed by atoms with Gasteiger partial charge in [-0.25, -0.2) is 0 Å². The van der Waals surface area contributed by atoms with Crippen LogP contribution in [0.5, 0.6) is 28.7 Å². The van der Waals surface area contributed by atoms with Gasteiger partial charge in [-0.1, -0.05) is 19.1 Å². The van der Waals surface area contributed by atoms with E-state index in [9.17, 15) is 5.11 Å². The number of hydrogen-bond acceptors (Lipinski definition) is 6. The maximum absolute atomic E-state index is 10.9. The van der Waals surface area contributed by atoms with E-state index in [0.717, 1.165) is 35.7 Å². The van der Waals surface area contributed by atoms with Crippen LogP contribution in [0, 0.1) is 5.92 Å². The summed E-state index contributed by atoms with van der Waals surface area (Å²) in [5.74, 6) is 3.00. The number of likely N-dealkylation sites (tertiary alicyclic amines) is 1. The first-order valence-electron chi connectivity index (χ1n) is 9.87. The minimum atomic E-state index is -0.0500. The zero-order chi connectivity index (χ0) is 19.3. The summed E-state index contributed by atoms with van der Waals surface area (Å²) in [6.45, 7) is 4.48. The first-order valence-corrected chi connectivity index (χ1v) is 9.87. The van der Waals surface area contributed by atoms with Gasteiger partial charge < -0.3 is 24.1 Å². The predicted octanol–water partition coefficient (Wildman–Crippen LogP) is 3.71. The van der Waals surface area contributed by atoms with Crippen LogP contribution in [0.4, 0.5) is 0 Å². The molecule has 0 unspecified atom stereocenters.